The van der Waals surface area contributed by atoms with Crippen molar-refractivity contribution in [3.63, 3.8) is 0 Å². The molecule has 0 aliphatic carbocycles. The molecule has 366 valence electrons. The lowest BCUT2D eigenvalue weighted by Gasteiger charge is -2.44. The third-order valence-electron chi connectivity index (χ3n) is 11.2. The van der Waals surface area contributed by atoms with E-state index in [1.165, 1.54) is 0 Å². The van der Waals surface area contributed by atoms with Crippen molar-refractivity contribution in [1.82, 2.24) is 0 Å². The minimum absolute atomic E-state index is 0.0789. The summed E-state index contributed by atoms with van der Waals surface area (Å²) in [6.07, 6.45) is -7.22. The molecular formula is C47H17BClF20NO. The maximum atomic E-state index is 15.4. The second-order valence-corrected chi connectivity index (χ2v) is 15.4. The molecule has 0 saturated carbocycles. The highest BCUT2D eigenvalue weighted by atomic mass is 35.5. The van der Waals surface area contributed by atoms with Gasteiger partial charge in [0.15, 0.2) is 69.8 Å². The summed E-state index contributed by atoms with van der Waals surface area (Å²) in [5.41, 5.74) is -10.6. The van der Waals surface area contributed by atoms with Gasteiger partial charge in [-0.3, -0.25) is 4.79 Å². The normalized spacial score (nSPS) is 11.6. The van der Waals surface area contributed by atoms with E-state index in [0.29, 0.717) is 10.6 Å². The number of benzene rings is 7. The van der Waals surface area contributed by atoms with E-state index in [4.69, 9.17) is 11.6 Å². The fourth-order valence-corrected chi connectivity index (χ4v) is 8.26. The number of nitrogens with zero attached hydrogens (tertiary/aromatic N) is 1. The Kier molecular flexibility index (Phi) is 14.1. The molecule has 0 saturated heterocycles. The Labute approximate surface area is 388 Å². The van der Waals surface area contributed by atoms with Gasteiger partial charge in [0.25, 0.3) is 0 Å². The van der Waals surface area contributed by atoms with Gasteiger partial charge in [0.05, 0.1) is 0 Å². The van der Waals surface area contributed by atoms with E-state index in [1.807, 2.05) is 78.9 Å². The number of pyridine rings is 1. The first-order valence-electron chi connectivity index (χ1n) is 19.4. The number of hydrogen-bond acceptors (Lipinski definition) is 1. The summed E-state index contributed by atoms with van der Waals surface area (Å²) in [7, 11) is 0. The number of fused-ring (bicyclic) bond motifs is 1. The first-order chi connectivity index (χ1) is 33.4. The lowest BCUT2D eigenvalue weighted by Crippen LogP contribution is -2.81. The predicted octanol–water partition coefficient (Wildman–Crippen LogP) is 11.2. The molecule has 0 bridgehead atoms. The van der Waals surface area contributed by atoms with Crippen molar-refractivity contribution in [2.75, 3.05) is 0 Å². The van der Waals surface area contributed by atoms with E-state index in [0.717, 1.165) is 22.2 Å². The average Bonchev–Trinajstić information content (AvgIpc) is 3.36. The molecule has 1 aromatic heterocycles. The van der Waals surface area contributed by atoms with Crippen LogP contribution in [0.1, 0.15) is 10.4 Å². The maximum Gasteiger partial charge on any atom is 0.227 e. The van der Waals surface area contributed by atoms with E-state index >= 15 is 35.1 Å². The Hall–Kier alpha value is -7.43. The van der Waals surface area contributed by atoms with Gasteiger partial charge in [-0.25, -0.2) is 87.8 Å². The third kappa shape index (κ3) is 8.27. The zero-order valence-corrected chi connectivity index (χ0v) is 35.0. The highest BCUT2D eigenvalue weighted by molar-refractivity contribution is 7.20. The van der Waals surface area contributed by atoms with Crippen molar-refractivity contribution in [3.8, 4) is 11.3 Å². The quantitative estimate of drug-likeness (QED) is 0.0371. The van der Waals surface area contributed by atoms with Gasteiger partial charge in [-0.15, -0.1) is 21.9 Å². The number of aromatic nitrogens is 1. The molecule has 71 heavy (non-hydrogen) atoms. The topological polar surface area (TPSA) is 20.9 Å². The monoisotopic (exact) mass is 1040 g/mol. The molecule has 0 spiro atoms. The summed E-state index contributed by atoms with van der Waals surface area (Å²) >= 11 is 6.19. The number of carbonyl (C=O) groups is 1. The lowest BCUT2D eigenvalue weighted by molar-refractivity contribution is -0.646. The molecule has 8 aromatic rings. The average molecular weight is 1040 g/mol. The second kappa shape index (κ2) is 19.4. The van der Waals surface area contributed by atoms with Crippen LogP contribution in [0.2, 0.25) is 5.02 Å². The van der Waals surface area contributed by atoms with Crippen molar-refractivity contribution in [1.29, 1.82) is 0 Å². The zero-order chi connectivity index (χ0) is 52.3. The van der Waals surface area contributed by atoms with Crippen LogP contribution in [0, 0.1) is 116 Å². The molecule has 7 aromatic carbocycles. The Morgan fingerprint density at radius 1 is 0.380 bits per heavy atom. The highest BCUT2D eigenvalue weighted by Gasteiger charge is 2.52. The van der Waals surface area contributed by atoms with Crippen LogP contribution >= 0.6 is 11.6 Å². The number of Topliss-reactive ketones (excluding diaryl/α,β-unsaturated/α-hetero) is 1. The molecule has 2 nitrogen and oxygen atoms in total. The van der Waals surface area contributed by atoms with Crippen LogP contribution in [0.5, 0.6) is 0 Å². The predicted molar refractivity (Wildman–Crippen MR) is 215 cm³/mol. The first kappa shape index (κ1) is 51.4. The second-order valence-electron chi connectivity index (χ2n) is 15.0. The lowest BCUT2D eigenvalue weighted by atomic mass is 9.12. The summed E-state index contributed by atoms with van der Waals surface area (Å²) < 4.78 is 296. The minimum Gasteiger partial charge on any atom is -0.287 e. The number of rotatable bonds is 8. The molecule has 0 fully saturated rings. The number of hydrogen-bond donors (Lipinski definition) is 0. The smallest absolute Gasteiger partial charge is 0.227 e. The molecule has 0 radical (unpaired) electrons. The summed E-state index contributed by atoms with van der Waals surface area (Å²) in [5.74, 6) is -71.3. The van der Waals surface area contributed by atoms with E-state index in [1.54, 1.807) is 0 Å². The summed E-state index contributed by atoms with van der Waals surface area (Å²) in [6.45, 7) is 0.271. The number of carbonyl (C=O) groups excluding carboxylic acids is 1. The van der Waals surface area contributed by atoms with Gasteiger partial charge in [-0.05, 0) is 30.3 Å². The van der Waals surface area contributed by atoms with Crippen LogP contribution in [0.3, 0.4) is 0 Å². The maximum absolute atomic E-state index is 15.4. The highest BCUT2D eigenvalue weighted by Crippen LogP contribution is 2.31. The molecule has 24 heteroatoms. The van der Waals surface area contributed by atoms with Crippen molar-refractivity contribution in [2.24, 2.45) is 0 Å². The molecule has 8 rings (SSSR count). The molecule has 0 aliphatic heterocycles. The summed E-state index contributed by atoms with van der Waals surface area (Å²) in [5, 5.41) is 1.77. The van der Waals surface area contributed by atoms with Crippen LogP contribution in [0.15, 0.2) is 91.0 Å². The van der Waals surface area contributed by atoms with Crippen molar-refractivity contribution in [3.05, 3.63) is 218 Å². The van der Waals surface area contributed by atoms with Crippen molar-refractivity contribution in [2.45, 2.75) is 6.54 Å². The van der Waals surface area contributed by atoms with Crippen LogP contribution in [0.25, 0.3) is 22.2 Å². The van der Waals surface area contributed by atoms with Gasteiger partial charge >= 0.3 is 0 Å². The van der Waals surface area contributed by atoms with E-state index in [2.05, 4.69) is 16.7 Å². The Balaban J connectivity index is 0.000000240. The standard InChI is InChI=1S/C24BF20.C23H17ClNO/c26-5-1(6(27)14(35)21(42)13(5)34)25(2-7(28)15(36)22(43)16(37)8(2)29,3-9(30)17(38)23(44)18(39)10(3)31)4-11(32)19(40)24(45)20(41)12(4)33;24-20-11-6-10-19(15-20)22-14-13-17-7-4-5-12-21(17)25(22)16-23(26)18-8-2-1-3-9-18/h;1-15H,16H2/q-1;+1. The number of halogens is 21. The minimum atomic E-state index is -7.22. The molecule has 0 atom stereocenters. The van der Waals surface area contributed by atoms with Gasteiger partial charge in [0, 0.05) is 33.7 Å². The molecule has 0 unspecified atom stereocenters. The molecule has 0 N–H and O–H groups in total. The number of para-hydroxylation sites is 1. The molecule has 0 aliphatic rings. The third-order valence-corrected chi connectivity index (χ3v) is 11.4. The zero-order valence-electron chi connectivity index (χ0n) is 34.2. The van der Waals surface area contributed by atoms with Crippen molar-refractivity contribution < 1.29 is 97.2 Å². The van der Waals surface area contributed by atoms with Gasteiger partial charge in [0.2, 0.25) is 23.5 Å². The molecule has 1 heterocycles. The van der Waals surface area contributed by atoms with E-state index in [9.17, 15) is 57.5 Å². The Morgan fingerprint density at radius 2 is 0.718 bits per heavy atom. The van der Waals surface area contributed by atoms with E-state index in [-0.39, 0.29) is 12.3 Å². The summed E-state index contributed by atoms with van der Waals surface area (Å²) in [4.78, 5) is 12.9. The van der Waals surface area contributed by atoms with Crippen LogP contribution in [-0.2, 0) is 6.54 Å². The Morgan fingerprint density at radius 3 is 1.08 bits per heavy atom. The fourth-order valence-electron chi connectivity index (χ4n) is 8.07. The Bertz CT molecular complexity index is 3120. The van der Waals surface area contributed by atoms with Gasteiger partial charge in [0.1, 0.15) is 52.7 Å². The fraction of sp³-hybridized carbons (Fsp3) is 0.0213. The van der Waals surface area contributed by atoms with Gasteiger partial charge < -0.3 is 0 Å². The molecular weight excluding hydrogens is 1020 g/mol. The SMILES string of the molecule is Fc1c(F)c(F)c([B-](c2c(F)c(F)c(F)c(F)c2F)(c2c(F)c(F)c(F)c(F)c2F)c2c(F)c(F)c(F)c(F)c2F)c(F)c1F.O=C(C[n+]1c(-c2cccc(Cl)c2)ccc2ccccc21)c1ccccc1. The van der Waals surface area contributed by atoms with Crippen LogP contribution in [-0.4, -0.2) is 11.9 Å². The van der Waals surface area contributed by atoms with Crippen LogP contribution < -0.4 is 26.4 Å². The summed E-state index contributed by atoms with van der Waals surface area (Å²) in [6, 6.07) is 29.3. The molecule has 0 amide bonds. The van der Waals surface area contributed by atoms with Crippen LogP contribution in [0.4, 0.5) is 87.8 Å². The largest absolute Gasteiger partial charge is 0.287 e. The van der Waals surface area contributed by atoms with E-state index < -0.39 is 144 Å². The van der Waals surface area contributed by atoms with Gasteiger partial charge in [-0.1, -0.05) is 60.1 Å². The number of ketones is 1. The first-order valence-corrected chi connectivity index (χ1v) is 19.8. The van der Waals surface area contributed by atoms with Gasteiger partial charge in [-0.2, -0.15) is 4.57 Å². The van der Waals surface area contributed by atoms with Crippen molar-refractivity contribution >= 4 is 56.3 Å².